The lowest BCUT2D eigenvalue weighted by Gasteiger charge is -2.29. The highest BCUT2D eigenvalue weighted by atomic mass is 32.2. The largest absolute Gasteiger partial charge is 0.391 e. The Kier molecular flexibility index (Phi) is 5.75. The molecule has 2 aromatic rings. The van der Waals surface area contributed by atoms with Gasteiger partial charge < -0.3 is 14.6 Å². The first kappa shape index (κ1) is 17.9. The summed E-state index contributed by atoms with van der Waals surface area (Å²) < 4.78 is 2.04. The van der Waals surface area contributed by atoms with E-state index >= 15 is 0 Å². The standard InChI is InChI=1S/C18H24N4O2S/c1-3-22-17(14-7-4-6-13(2)10-14)19-20-18(22)25-12-16(24)21-9-5-8-15(23)11-21/h4,6-7,10,15,23H,3,5,8-9,11-12H2,1-2H3. The molecule has 1 aliphatic rings. The number of rotatable bonds is 5. The molecule has 0 spiro atoms. The predicted octanol–water partition coefficient (Wildman–Crippen LogP) is 2.35. The summed E-state index contributed by atoms with van der Waals surface area (Å²) in [6, 6.07) is 8.18. The first-order valence-electron chi connectivity index (χ1n) is 8.67. The summed E-state index contributed by atoms with van der Waals surface area (Å²) in [5.41, 5.74) is 2.21. The van der Waals surface area contributed by atoms with Crippen molar-refractivity contribution in [2.75, 3.05) is 18.8 Å². The van der Waals surface area contributed by atoms with Crippen LogP contribution in [-0.2, 0) is 11.3 Å². The Hall–Kier alpha value is -1.86. The van der Waals surface area contributed by atoms with E-state index in [9.17, 15) is 9.90 Å². The van der Waals surface area contributed by atoms with E-state index in [0.29, 0.717) is 12.3 Å². The molecule has 6 nitrogen and oxygen atoms in total. The van der Waals surface area contributed by atoms with E-state index in [2.05, 4.69) is 36.2 Å². The van der Waals surface area contributed by atoms with Crippen molar-refractivity contribution >= 4 is 17.7 Å². The molecule has 0 aliphatic carbocycles. The summed E-state index contributed by atoms with van der Waals surface area (Å²) >= 11 is 1.41. The molecule has 1 aliphatic heterocycles. The summed E-state index contributed by atoms with van der Waals surface area (Å²) in [6.45, 7) is 6.02. The molecule has 25 heavy (non-hydrogen) atoms. The molecule has 1 amide bonds. The number of carbonyl (C=O) groups excluding carboxylic acids is 1. The van der Waals surface area contributed by atoms with Crippen molar-refractivity contribution in [2.45, 2.75) is 44.5 Å². The zero-order chi connectivity index (χ0) is 17.8. The number of hydrogen-bond donors (Lipinski definition) is 1. The molecule has 1 aromatic carbocycles. The number of likely N-dealkylation sites (tertiary alicyclic amines) is 1. The number of aromatic nitrogens is 3. The Morgan fingerprint density at radius 1 is 1.40 bits per heavy atom. The topological polar surface area (TPSA) is 71.2 Å². The molecule has 1 fully saturated rings. The van der Waals surface area contributed by atoms with Gasteiger partial charge in [0.2, 0.25) is 5.91 Å². The van der Waals surface area contributed by atoms with Gasteiger partial charge in [-0.05, 0) is 32.8 Å². The van der Waals surface area contributed by atoms with Gasteiger partial charge in [0.05, 0.1) is 11.9 Å². The van der Waals surface area contributed by atoms with E-state index in [-0.39, 0.29) is 5.91 Å². The first-order valence-corrected chi connectivity index (χ1v) is 9.66. The lowest BCUT2D eigenvalue weighted by atomic mass is 10.1. The summed E-state index contributed by atoms with van der Waals surface area (Å²) in [5, 5.41) is 19.1. The summed E-state index contributed by atoms with van der Waals surface area (Å²) in [5.74, 6) is 1.19. The maximum atomic E-state index is 12.4. The van der Waals surface area contributed by atoms with Gasteiger partial charge in [-0.15, -0.1) is 10.2 Å². The highest BCUT2D eigenvalue weighted by Crippen LogP contribution is 2.25. The molecule has 0 radical (unpaired) electrons. The van der Waals surface area contributed by atoms with Crippen LogP contribution in [0.3, 0.4) is 0 Å². The molecule has 1 N–H and O–H groups in total. The monoisotopic (exact) mass is 360 g/mol. The fourth-order valence-corrected chi connectivity index (χ4v) is 3.98. The number of hydrogen-bond acceptors (Lipinski definition) is 5. The first-order chi connectivity index (χ1) is 12.1. The minimum Gasteiger partial charge on any atom is -0.391 e. The molecule has 134 valence electrons. The van der Waals surface area contributed by atoms with Crippen LogP contribution in [0, 0.1) is 6.92 Å². The molecule has 7 heteroatoms. The molecular formula is C18H24N4O2S. The van der Waals surface area contributed by atoms with E-state index < -0.39 is 6.10 Å². The van der Waals surface area contributed by atoms with Crippen molar-refractivity contribution in [2.24, 2.45) is 0 Å². The number of carbonyl (C=O) groups is 1. The van der Waals surface area contributed by atoms with Gasteiger partial charge in [0.25, 0.3) is 0 Å². The van der Waals surface area contributed by atoms with Gasteiger partial charge in [0.1, 0.15) is 0 Å². The number of piperidine rings is 1. The Labute approximate surface area is 152 Å². The second kappa shape index (κ2) is 8.01. The number of β-amino-alcohol motifs (C(OH)–C–C–N with tert-alkyl or cyclic N) is 1. The van der Waals surface area contributed by atoms with Crippen molar-refractivity contribution < 1.29 is 9.90 Å². The third kappa shape index (κ3) is 4.22. The van der Waals surface area contributed by atoms with Gasteiger partial charge in [0.15, 0.2) is 11.0 Å². The Morgan fingerprint density at radius 2 is 2.24 bits per heavy atom. The van der Waals surface area contributed by atoms with Gasteiger partial charge in [-0.3, -0.25) is 4.79 Å². The smallest absolute Gasteiger partial charge is 0.233 e. The van der Waals surface area contributed by atoms with Crippen molar-refractivity contribution in [3.05, 3.63) is 29.8 Å². The van der Waals surface area contributed by atoms with Crippen LogP contribution in [0.1, 0.15) is 25.3 Å². The number of aryl methyl sites for hydroxylation is 1. The molecular weight excluding hydrogens is 336 g/mol. The average molecular weight is 360 g/mol. The van der Waals surface area contributed by atoms with E-state index in [1.54, 1.807) is 4.90 Å². The number of benzene rings is 1. The van der Waals surface area contributed by atoms with E-state index in [4.69, 9.17) is 0 Å². The highest BCUT2D eigenvalue weighted by Gasteiger charge is 2.23. The average Bonchev–Trinajstić information content (AvgIpc) is 3.02. The Morgan fingerprint density at radius 3 is 2.96 bits per heavy atom. The van der Waals surface area contributed by atoms with Crippen molar-refractivity contribution in [1.82, 2.24) is 19.7 Å². The lowest BCUT2D eigenvalue weighted by Crippen LogP contribution is -2.43. The molecule has 1 aromatic heterocycles. The predicted molar refractivity (Wildman–Crippen MR) is 98.4 cm³/mol. The third-order valence-corrected chi connectivity index (χ3v) is 5.33. The van der Waals surface area contributed by atoms with Gasteiger partial charge in [-0.2, -0.15) is 0 Å². The molecule has 0 saturated carbocycles. The van der Waals surface area contributed by atoms with E-state index in [0.717, 1.165) is 42.5 Å². The van der Waals surface area contributed by atoms with Gasteiger partial charge in [-0.1, -0.05) is 35.5 Å². The van der Waals surface area contributed by atoms with Crippen LogP contribution >= 0.6 is 11.8 Å². The van der Waals surface area contributed by atoms with Crippen molar-refractivity contribution in [3.63, 3.8) is 0 Å². The normalized spacial score (nSPS) is 17.7. The van der Waals surface area contributed by atoms with Gasteiger partial charge in [0, 0.05) is 25.2 Å². The Bertz CT molecular complexity index is 746. The maximum absolute atomic E-state index is 12.4. The Balaban J connectivity index is 1.70. The van der Waals surface area contributed by atoms with E-state index in [1.165, 1.54) is 17.3 Å². The molecule has 0 bridgehead atoms. The minimum atomic E-state index is -0.394. The third-order valence-electron chi connectivity index (χ3n) is 4.38. The van der Waals surface area contributed by atoms with Crippen LogP contribution in [0.5, 0.6) is 0 Å². The summed E-state index contributed by atoms with van der Waals surface area (Å²) in [7, 11) is 0. The van der Waals surface area contributed by atoms with Crippen LogP contribution in [0.4, 0.5) is 0 Å². The number of aliphatic hydroxyl groups is 1. The minimum absolute atomic E-state index is 0.0477. The fraction of sp³-hybridized carbons (Fsp3) is 0.500. The molecule has 2 heterocycles. The van der Waals surface area contributed by atoms with E-state index in [1.807, 2.05) is 16.7 Å². The zero-order valence-electron chi connectivity index (χ0n) is 14.7. The highest BCUT2D eigenvalue weighted by molar-refractivity contribution is 7.99. The van der Waals surface area contributed by atoms with Crippen LogP contribution in [0.25, 0.3) is 11.4 Å². The van der Waals surface area contributed by atoms with Crippen LogP contribution in [-0.4, -0.2) is 55.6 Å². The van der Waals surface area contributed by atoms with Crippen LogP contribution in [0.2, 0.25) is 0 Å². The number of nitrogens with zero attached hydrogens (tertiary/aromatic N) is 4. The summed E-state index contributed by atoms with van der Waals surface area (Å²) in [4.78, 5) is 14.1. The van der Waals surface area contributed by atoms with Crippen LogP contribution < -0.4 is 0 Å². The summed E-state index contributed by atoms with van der Waals surface area (Å²) in [6.07, 6.45) is 1.25. The van der Waals surface area contributed by atoms with Crippen LogP contribution in [0.15, 0.2) is 29.4 Å². The van der Waals surface area contributed by atoms with Crippen molar-refractivity contribution in [1.29, 1.82) is 0 Å². The zero-order valence-corrected chi connectivity index (χ0v) is 15.5. The number of amides is 1. The SMILES string of the molecule is CCn1c(SCC(=O)N2CCCC(O)C2)nnc1-c1cccc(C)c1. The number of thioether (sulfide) groups is 1. The number of aliphatic hydroxyl groups excluding tert-OH is 1. The molecule has 1 unspecified atom stereocenters. The maximum Gasteiger partial charge on any atom is 0.233 e. The second-order valence-electron chi connectivity index (χ2n) is 6.34. The second-order valence-corrected chi connectivity index (χ2v) is 7.29. The molecule has 3 rings (SSSR count). The lowest BCUT2D eigenvalue weighted by molar-refractivity contribution is -0.131. The van der Waals surface area contributed by atoms with Gasteiger partial charge in [-0.25, -0.2) is 0 Å². The van der Waals surface area contributed by atoms with Gasteiger partial charge >= 0.3 is 0 Å². The molecule has 1 saturated heterocycles. The quantitative estimate of drug-likeness (QED) is 0.829. The molecule has 1 atom stereocenters. The van der Waals surface area contributed by atoms with Crippen molar-refractivity contribution in [3.8, 4) is 11.4 Å². The fourth-order valence-electron chi connectivity index (χ4n) is 3.08.